The summed E-state index contributed by atoms with van der Waals surface area (Å²) in [7, 11) is 0. The Morgan fingerprint density at radius 1 is 0.620 bits per heavy atom. The van der Waals surface area contributed by atoms with E-state index in [-0.39, 0.29) is 13.2 Å². The number of esters is 2. The van der Waals surface area contributed by atoms with Crippen molar-refractivity contribution in [3.63, 3.8) is 0 Å². The van der Waals surface area contributed by atoms with Crippen molar-refractivity contribution in [3.05, 3.63) is 88.0 Å². The maximum Gasteiger partial charge on any atom is 0.417 e. The summed E-state index contributed by atoms with van der Waals surface area (Å²) in [5.41, 5.74) is -1.24. The lowest BCUT2D eigenvalue weighted by atomic mass is 9.94. The molecule has 3 aromatic carbocycles. The fourth-order valence-corrected chi connectivity index (χ4v) is 5.13. The first-order valence-electron chi connectivity index (χ1n) is 16.1. The summed E-state index contributed by atoms with van der Waals surface area (Å²) in [5, 5.41) is 2.22. The molecule has 0 saturated heterocycles. The van der Waals surface area contributed by atoms with E-state index in [1.807, 2.05) is 13.8 Å². The first-order valence-corrected chi connectivity index (χ1v) is 16.1. The lowest BCUT2D eigenvalue weighted by Gasteiger charge is -2.19. The predicted molar refractivity (Wildman–Crippen MR) is 174 cm³/mol. The van der Waals surface area contributed by atoms with Crippen molar-refractivity contribution in [1.82, 2.24) is 0 Å². The number of anilines is 1. The van der Waals surface area contributed by atoms with Crippen LogP contribution in [0.1, 0.15) is 118 Å². The number of rotatable bonds is 16. The van der Waals surface area contributed by atoms with Gasteiger partial charge in [-0.2, -0.15) is 26.3 Å². The summed E-state index contributed by atoms with van der Waals surface area (Å²) >= 11 is 0. The number of alkyl halides is 6. The molecule has 0 saturated carbocycles. The second-order valence-electron chi connectivity index (χ2n) is 11.5. The Hall–Kier alpha value is -4.88. The first-order chi connectivity index (χ1) is 23.6. The Morgan fingerprint density at radius 2 is 1.12 bits per heavy atom. The van der Waals surface area contributed by atoms with Gasteiger partial charge in [0.1, 0.15) is 0 Å². The van der Waals surface area contributed by atoms with Crippen LogP contribution in [0.4, 0.5) is 32.0 Å². The molecule has 3 rings (SSSR count). The van der Waals surface area contributed by atoms with Gasteiger partial charge in [-0.15, -0.1) is 0 Å². The fraction of sp³-hybridized carbons (Fsp3) is 0.389. The molecule has 0 aromatic heterocycles. The van der Waals surface area contributed by atoms with E-state index in [1.165, 1.54) is 0 Å². The summed E-state index contributed by atoms with van der Waals surface area (Å²) in [5.74, 6) is -4.41. The van der Waals surface area contributed by atoms with Crippen LogP contribution >= 0.6 is 0 Å². The first kappa shape index (κ1) is 39.6. The SMILES string of the molecule is CCCCCCOC(=O)c1cc(C(=O)Nc2ccc(-c3ccccc3C(F)(F)F)c(C(F)(F)F)c2)c(C(=O)OCCCCCC)cc1C(N)=O. The van der Waals surface area contributed by atoms with Crippen LogP contribution in [-0.4, -0.2) is 37.0 Å². The van der Waals surface area contributed by atoms with Crippen LogP contribution in [0.2, 0.25) is 0 Å². The van der Waals surface area contributed by atoms with Crippen LogP contribution < -0.4 is 11.1 Å². The van der Waals surface area contributed by atoms with E-state index >= 15 is 0 Å². The summed E-state index contributed by atoms with van der Waals surface area (Å²) in [6.45, 7) is 3.89. The number of nitrogens with two attached hydrogens (primary N) is 1. The van der Waals surface area contributed by atoms with Gasteiger partial charge in [0.2, 0.25) is 5.91 Å². The minimum Gasteiger partial charge on any atom is -0.462 e. The zero-order chi connectivity index (χ0) is 37.1. The number of carbonyl (C=O) groups excluding carboxylic acids is 4. The monoisotopic (exact) mass is 708 g/mol. The van der Waals surface area contributed by atoms with Crippen molar-refractivity contribution in [2.75, 3.05) is 18.5 Å². The topological polar surface area (TPSA) is 125 Å². The molecule has 0 unspecified atom stereocenters. The highest BCUT2D eigenvalue weighted by molar-refractivity contribution is 6.15. The summed E-state index contributed by atoms with van der Waals surface area (Å²) in [4.78, 5) is 52.2. The molecule has 0 aliphatic rings. The number of amides is 2. The highest BCUT2D eigenvalue weighted by atomic mass is 19.4. The molecule has 270 valence electrons. The zero-order valence-corrected chi connectivity index (χ0v) is 27.6. The third-order valence-corrected chi connectivity index (χ3v) is 7.68. The van der Waals surface area contributed by atoms with Crippen LogP contribution in [0, 0.1) is 0 Å². The molecule has 0 atom stereocenters. The number of nitrogens with one attached hydrogen (secondary N) is 1. The third-order valence-electron chi connectivity index (χ3n) is 7.68. The smallest absolute Gasteiger partial charge is 0.417 e. The summed E-state index contributed by atoms with van der Waals surface area (Å²) in [6.07, 6.45) is -4.06. The molecule has 3 aromatic rings. The fourth-order valence-electron chi connectivity index (χ4n) is 5.13. The van der Waals surface area contributed by atoms with Gasteiger partial charge in [0.25, 0.3) is 5.91 Å². The van der Waals surface area contributed by atoms with Gasteiger partial charge in [0, 0.05) is 5.69 Å². The highest BCUT2D eigenvalue weighted by Gasteiger charge is 2.38. The van der Waals surface area contributed by atoms with Crippen molar-refractivity contribution >= 4 is 29.4 Å². The van der Waals surface area contributed by atoms with E-state index in [0.29, 0.717) is 25.0 Å². The number of benzene rings is 3. The Kier molecular flexibility index (Phi) is 14.0. The van der Waals surface area contributed by atoms with Crippen LogP contribution in [0.5, 0.6) is 0 Å². The molecular formula is C36H38F6N2O6. The van der Waals surface area contributed by atoms with Crippen molar-refractivity contribution in [3.8, 4) is 11.1 Å². The van der Waals surface area contributed by atoms with Crippen LogP contribution in [0.15, 0.2) is 54.6 Å². The van der Waals surface area contributed by atoms with E-state index in [0.717, 1.165) is 81.0 Å². The molecule has 50 heavy (non-hydrogen) atoms. The third kappa shape index (κ3) is 10.6. The van der Waals surface area contributed by atoms with Gasteiger partial charge < -0.3 is 20.5 Å². The second kappa shape index (κ2) is 17.7. The lowest BCUT2D eigenvalue weighted by molar-refractivity contribution is -0.139. The van der Waals surface area contributed by atoms with Crippen LogP contribution in [0.25, 0.3) is 11.1 Å². The number of ether oxygens (including phenoxy) is 2. The average Bonchev–Trinajstić information content (AvgIpc) is 3.06. The largest absolute Gasteiger partial charge is 0.462 e. The Labute approximate surface area is 285 Å². The van der Waals surface area contributed by atoms with E-state index in [4.69, 9.17) is 15.2 Å². The number of halogens is 6. The van der Waals surface area contributed by atoms with Crippen LogP contribution in [0.3, 0.4) is 0 Å². The van der Waals surface area contributed by atoms with E-state index in [1.54, 1.807) is 0 Å². The van der Waals surface area contributed by atoms with Gasteiger partial charge in [0.05, 0.1) is 46.6 Å². The lowest BCUT2D eigenvalue weighted by Crippen LogP contribution is -2.24. The van der Waals surface area contributed by atoms with Gasteiger partial charge in [-0.25, -0.2) is 9.59 Å². The van der Waals surface area contributed by atoms with Gasteiger partial charge in [-0.3, -0.25) is 9.59 Å². The molecule has 3 N–H and O–H groups in total. The summed E-state index contributed by atoms with van der Waals surface area (Å²) in [6, 6.07) is 7.71. The molecule has 0 aliphatic carbocycles. The Morgan fingerprint density at radius 3 is 1.64 bits per heavy atom. The van der Waals surface area contributed by atoms with E-state index in [9.17, 15) is 45.5 Å². The van der Waals surface area contributed by atoms with Gasteiger partial charge in [-0.05, 0) is 54.3 Å². The van der Waals surface area contributed by atoms with Gasteiger partial charge in [0.15, 0.2) is 0 Å². The number of hydrogen-bond acceptors (Lipinski definition) is 6. The minimum absolute atomic E-state index is 0.0237. The van der Waals surface area contributed by atoms with Crippen molar-refractivity contribution < 1.29 is 55.0 Å². The molecule has 0 bridgehead atoms. The maximum absolute atomic E-state index is 14.3. The van der Waals surface area contributed by atoms with Crippen molar-refractivity contribution in [1.29, 1.82) is 0 Å². The molecule has 14 heteroatoms. The predicted octanol–water partition coefficient (Wildman–Crippen LogP) is 9.22. The minimum atomic E-state index is -5.15. The van der Waals surface area contributed by atoms with Crippen molar-refractivity contribution in [2.45, 2.75) is 77.6 Å². The molecule has 8 nitrogen and oxygen atoms in total. The van der Waals surface area contributed by atoms with Gasteiger partial charge >= 0.3 is 24.3 Å². The van der Waals surface area contributed by atoms with E-state index in [2.05, 4.69) is 5.32 Å². The number of hydrogen-bond donors (Lipinski definition) is 2. The van der Waals surface area contributed by atoms with Gasteiger partial charge in [-0.1, -0.05) is 76.6 Å². The Balaban J connectivity index is 2.07. The number of carbonyl (C=O) groups is 4. The number of primary amides is 1. The zero-order valence-electron chi connectivity index (χ0n) is 27.6. The molecule has 0 radical (unpaired) electrons. The molecule has 0 heterocycles. The Bertz CT molecular complexity index is 1690. The highest BCUT2D eigenvalue weighted by Crippen LogP contribution is 2.43. The molecular weight excluding hydrogens is 670 g/mol. The van der Waals surface area contributed by atoms with E-state index < -0.39 is 86.3 Å². The summed E-state index contributed by atoms with van der Waals surface area (Å²) < 4.78 is 94.4. The molecule has 0 aliphatic heterocycles. The number of unbranched alkanes of at least 4 members (excludes halogenated alkanes) is 6. The standard InChI is InChI=1S/C36H38F6N2O6/c1-3-5-7-11-17-49-33(47)27-21-26(28(20-25(27)31(43)45)34(48)50-18-12-8-6-4-2)32(46)44-22-15-16-24(30(19-22)36(40,41)42)23-13-9-10-14-29(23)35(37,38)39/h9-10,13-16,19-21H,3-8,11-12,17-18H2,1-2H3,(H2,43,45)(H,44,46). The maximum atomic E-state index is 14.3. The normalized spacial score (nSPS) is 11.6. The molecule has 2 amide bonds. The van der Waals surface area contributed by atoms with Crippen LogP contribution in [-0.2, 0) is 21.8 Å². The quantitative estimate of drug-likeness (QED) is 0.0869. The molecule has 0 fully saturated rings. The van der Waals surface area contributed by atoms with Crippen molar-refractivity contribution in [2.24, 2.45) is 5.73 Å². The average molecular weight is 709 g/mol. The molecule has 0 spiro atoms. The second-order valence-corrected chi connectivity index (χ2v) is 11.5.